The molecule has 0 aliphatic carbocycles. The standard InChI is InChI=1S/C10H15ClN2S/c1-7-3-13(5-10(7)11)4-9-6-14-8(2)12-9/h6-7,10H,3-5H2,1-2H3. The Balaban J connectivity index is 1.93. The highest BCUT2D eigenvalue weighted by Crippen LogP contribution is 2.23. The maximum atomic E-state index is 6.17. The van der Waals surface area contributed by atoms with Crippen molar-refractivity contribution in [2.24, 2.45) is 5.92 Å². The van der Waals surface area contributed by atoms with Gasteiger partial charge in [-0.05, 0) is 12.8 Å². The molecule has 0 saturated carbocycles. The Morgan fingerprint density at radius 2 is 2.43 bits per heavy atom. The molecule has 0 amide bonds. The quantitative estimate of drug-likeness (QED) is 0.726. The molecule has 1 aliphatic heterocycles. The van der Waals surface area contributed by atoms with Crippen LogP contribution in [0.25, 0.3) is 0 Å². The number of hydrogen-bond acceptors (Lipinski definition) is 3. The van der Waals surface area contributed by atoms with Crippen LogP contribution in [0.15, 0.2) is 5.38 Å². The lowest BCUT2D eigenvalue weighted by Gasteiger charge is -2.12. The SMILES string of the molecule is Cc1nc(CN2CC(C)C(Cl)C2)cs1. The Bertz CT molecular complexity index is 303. The van der Waals surface area contributed by atoms with Gasteiger partial charge < -0.3 is 0 Å². The van der Waals surface area contributed by atoms with Gasteiger partial charge >= 0.3 is 0 Å². The maximum Gasteiger partial charge on any atom is 0.0897 e. The number of aromatic nitrogens is 1. The summed E-state index contributed by atoms with van der Waals surface area (Å²) < 4.78 is 0. The fourth-order valence-electron chi connectivity index (χ4n) is 1.86. The summed E-state index contributed by atoms with van der Waals surface area (Å²) in [5.41, 5.74) is 1.19. The molecule has 0 spiro atoms. The first-order chi connectivity index (χ1) is 6.65. The van der Waals surface area contributed by atoms with Crippen LogP contribution in [0.3, 0.4) is 0 Å². The van der Waals surface area contributed by atoms with Crippen LogP contribution in [-0.4, -0.2) is 28.4 Å². The molecule has 14 heavy (non-hydrogen) atoms. The van der Waals surface area contributed by atoms with E-state index in [2.05, 4.69) is 22.2 Å². The molecule has 2 atom stereocenters. The maximum absolute atomic E-state index is 6.17. The molecular weight excluding hydrogens is 216 g/mol. The fraction of sp³-hybridized carbons (Fsp3) is 0.700. The van der Waals surface area contributed by atoms with E-state index in [0.29, 0.717) is 11.3 Å². The highest BCUT2D eigenvalue weighted by atomic mass is 35.5. The minimum atomic E-state index is 0.315. The second-order valence-electron chi connectivity index (χ2n) is 4.05. The first kappa shape index (κ1) is 10.4. The Morgan fingerprint density at radius 3 is 2.93 bits per heavy atom. The van der Waals surface area contributed by atoms with Crippen LogP contribution in [0.2, 0.25) is 0 Å². The molecule has 2 nitrogen and oxygen atoms in total. The number of likely N-dealkylation sites (tertiary alicyclic amines) is 1. The number of aryl methyl sites for hydroxylation is 1. The van der Waals surface area contributed by atoms with Gasteiger partial charge in [0, 0.05) is 25.0 Å². The van der Waals surface area contributed by atoms with E-state index in [0.717, 1.165) is 24.6 Å². The third-order valence-corrected chi connectivity index (χ3v) is 4.04. The predicted molar refractivity (Wildman–Crippen MR) is 60.9 cm³/mol. The molecule has 4 heteroatoms. The van der Waals surface area contributed by atoms with Crippen LogP contribution in [-0.2, 0) is 6.54 Å². The Kier molecular flexibility index (Phi) is 3.10. The summed E-state index contributed by atoms with van der Waals surface area (Å²) in [4.78, 5) is 6.84. The fourth-order valence-corrected chi connectivity index (χ4v) is 2.74. The van der Waals surface area contributed by atoms with Crippen molar-refractivity contribution in [1.82, 2.24) is 9.88 Å². The molecule has 2 rings (SSSR count). The van der Waals surface area contributed by atoms with Gasteiger partial charge in [-0.3, -0.25) is 4.90 Å². The van der Waals surface area contributed by atoms with E-state index in [1.54, 1.807) is 11.3 Å². The van der Waals surface area contributed by atoms with Gasteiger partial charge in [-0.2, -0.15) is 0 Å². The zero-order valence-electron chi connectivity index (χ0n) is 8.53. The second kappa shape index (κ2) is 4.17. The van der Waals surface area contributed by atoms with E-state index in [1.807, 2.05) is 6.92 Å². The predicted octanol–water partition coefficient (Wildman–Crippen LogP) is 2.51. The van der Waals surface area contributed by atoms with Crippen molar-refractivity contribution >= 4 is 22.9 Å². The summed E-state index contributed by atoms with van der Waals surface area (Å²) in [5.74, 6) is 0.608. The first-order valence-corrected chi connectivity index (χ1v) is 6.24. The molecule has 2 unspecified atom stereocenters. The molecule has 1 aromatic heterocycles. The minimum Gasteiger partial charge on any atom is -0.296 e. The number of rotatable bonds is 2. The van der Waals surface area contributed by atoms with E-state index in [9.17, 15) is 0 Å². The highest BCUT2D eigenvalue weighted by Gasteiger charge is 2.27. The smallest absolute Gasteiger partial charge is 0.0897 e. The second-order valence-corrected chi connectivity index (χ2v) is 5.67. The number of hydrogen-bond donors (Lipinski definition) is 0. The number of alkyl halides is 1. The molecule has 78 valence electrons. The lowest BCUT2D eigenvalue weighted by molar-refractivity contribution is 0.317. The van der Waals surface area contributed by atoms with Crippen molar-refractivity contribution in [3.63, 3.8) is 0 Å². The summed E-state index contributed by atoms with van der Waals surface area (Å²) in [6, 6.07) is 0. The average molecular weight is 231 g/mol. The molecule has 1 aromatic rings. The summed E-state index contributed by atoms with van der Waals surface area (Å²) >= 11 is 7.89. The van der Waals surface area contributed by atoms with Crippen LogP contribution in [0, 0.1) is 12.8 Å². The zero-order valence-corrected chi connectivity index (χ0v) is 10.1. The van der Waals surface area contributed by atoms with E-state index < -0.39 is 0 Å². The van der Waals surface area contributed by atoms with Crippen LogP contribution in [0.4, 0.5) is 0 Å². The van der Waals surface area contributed by atoms with Crippen LogP contribution in [0.1, 0.15) is 17.6 Å². The van der Waals surface area contributed by atoms with E-state index in [-0.39, 0.29) is 0 Å². The summed E-state index contributed by atoms with van der Waals surface area (Å²) in [7, 11) is 0. The Hall–Kier alpha value is -0.120. The van der Waals surface area contributed by atoms with Gasteiger partial charge in [0.2, 0.25) is 0 Å². The van der Waals surface area contributed by atoms with E-state index >= 15 is 0 Å². The van der Waals surface area contributed by atoms with Gasteiger partial charge in [-0.1, -0.05) is 6.92 Å². The van der Waals surface area contributed by atoms with Gasteiger partial charge in [-0.25, -0.2) is 4.98 Å². The molecule has 2 heterocycles. The van der Waals surface area contributed by atoms with Crippen molar-refractivity contribution in [2.75, 3.05) is 13.1 Å². The molecule has 0 radical (unpaired) electrons. The van der Waals surface area contributed by atoms with Gasteiger partial charge in [-0.15, -0.1) is 22.9 Å². The first-order valence-electron chi connectivity index (χ1n) is 4.92. The van der Waals surface area contributed by atoms with Crippen molar-refractivity contribution in [3.05, 3.63) is 16.1 Å². The largest absolute Gasteiger partial charge is 0.296 e. The zero-order chi connectivity index (χ0) is 10.1. The molecule has 0 N–H and O–H groups in total. The molecule has 1 fully saturated rings. The minimum absolute atomic E-state index is 0.315. The molecular formula is C10H15ClN2S. The van der Waals surface area contributed by atoms with E-state index in [4.69, 9.17) is 11.6 Å². The summed E-state index contributed by atoms with van der Waals surface area (Å²) in [5, 5.41) is 3.60. The van der Waals surface area contributed by atoms with Crippen molar-refractivity contribution in [2.45, 2.75) is 25.8 Å². The third-order valence-electron chi connectivity index (χ3n) is 2.65. The Labute approximate surface area is 93.9 Å². The van der Waals surface area contributed by atoms with E-state index in [1.165, 1.54) is 5.69 Å². The summed E-state index contributed by atoms with van der Waals surface area (Å²) in [6.45, 7) is 7.32. The van der Waals surface area contributed by atoms with Gasteiger partial charge in [0.1, 0.15) is 0 Å². The van der Waals surface area contributed by atoms with Crippen LogP contribution in [0.5, 0.6) is 0 Å². The van der Waals surface area contributed by atoms with Crippen molar-refractivity contribution < 1.29 is 0 Å². The number of thiazole rings is 1. The lowest BCUT2D eigenvalue weighted by Crippen LogP contribution is -2.20. The normalized spacial score (nSPS) is 28.5. The topological polar surface area (TPSA) is 16.1 Å². The highest BCUT2D eigenvalue weighted by molar-refractivity contribution is 7.09. The molecule has 1 saturated heterocycles. The number of halogens is 1. The number of nitrogens with zero attached hydrogens (tertiary/aromatic N) is 2. The van der Waals surface area contributed by atoms with Crippen LogP contribution >= 0.6 is 22.9 Å². The monoisotopic (exact) mass is 230 g/mol. The van der Waals surface area contributed by atoms with Crippen molar-refractivity contribution in [1.29, 1.82) is 0 Å². The lowest BCUT2D eigenvalue weighted by atomic mass is 10.2. The molecule has 1 aliphatic rings. The Morgan fingerprint density at radius 1 is 1.64 bits per heavy atom. The average Bonchev–Trinajstić information content (AvgIpc) is 2.62. The molecule has 0 aromatic carbocycles. The van der Waals surface area contributed by atoms with Crippen LogP contribution < -0.4 is 0 Å². The van der Waals surface area contributed by atoms with Gasteiger partial charge in [0.25, 0.3) is 0 Å². The molecule has 0 bridgehead atoms. The van der Waals surface area contributed by atoms with Gasteiger partial charge in [0.15, 0.2) is 0 Å². The summed E-state index contributed by atoms with van der Waals surface area (Å²) in [6.07, 6.45) is 0. The third kappa shape index (κ3) is 2.27. The van der Waals surface area contributed by atoms with Crippen molar-refractivity contribution in [3.8, 4) is 0 Å². The van der Waals surface area contributed by atoms with Gasteiger partial charge in [0.05, 0.1) is 16.1 Å².